The van der Waals surface area contributed by atoms with Crippen LogP contribution in [0, 0.1) is 22.7 Å². The van der Waals surface area contributed by atoms with E-state index in [-0.39, 0.29) is 10.8 Å². The third-order valence-corrected chi connectivity index (χ3v) is 15.7. The summed E-state index contributed by atoms with van der Waals surface area (Å²) >= 11 is 0. The third kappa shape index (κ3) is 5.07. The first-order valence-corrected chi connectivity index (χ1v) is 23.4. The van der Waals surface area contributed by atoms with Gasteiger partial charge in [0.2, 0.25) is 0 Å². The van der Waals surface area contributed by atoms with Crippen LogP contribution in [0.5, 0.6) is 0 Å². The molecule has 0 aromatic heterocycles. The number of anilines is 6. The lowest BCUT2D eigenvalue weighted by Gasteiger charge is -2.31. The fourth-order valence-corrected chi connectivity index (χ4v) is 12.4. The van der Waals surface area contributed by atoms with Crippen LogP contribution in [0.4, 0.5) is 34.1 Å². The smallest absolute Gasteiger partial charge is 0.0991 e. The zero-order chi connectivity index (χ0) is 45.8. The Kier molecular flexibility index (Phi) is 7.63. The molecule has 0 heterocycles. The van der Waals surface area contributed by atoms with Crippen molar-refractivity contribution in [3.8, 4) is 12.1 Å². The van der Waals surface area contributed by atoms with Crippen molar-refractivity contribution in [3.63, 3.8) is 0 Å². The molecule has 0 fully saturated rings. The van der Waals surface area contributed by atoms with Crippen LogP contribution in [-0.4, -0.2) is 0 Å². The maximum Gasteiger partial charge on any atom is 0.0991 e. The summed E-state index contributed by atoms with van der Waals surface area (Å²) in [5, 5.41) is 37.2. The molecule has 0 radical (unpaired) electrons. The first kappa shape index (κ1) is 38.6. The highest BCUT2D eigenvalue weighted by Gasteiger charge is 2.37. The van der Waals surface area contributed by atoms with Gasteiger partial charge in [0.25, 0.3) is 0 Å². The lowest BCUT2D eigenvalue weighted by Crippen LogP contribution is -2.17. The Morgan fingerprint density at radius 2 is 0.676 bits per heavy atom. The topological polar surface area (TPSA) is 54.1 Å². The summed E-state index contributed by atoms with van der Waals surface area (Å²) in [7, 11) is 0. The fraction of sp³-hybridized carbons (Fsp3) is 0.0938. The zero-order valence-corrected chi connectivity index (χ0v) is 38.1. The minimum atomic E-state index is -0.191. The van der Waals surface area contributed by atoms with Crippen molar-refractivity contribution in [2.24, 2.45) is 0 Å². The van der Waals surface area contributed by atoms with Gasteiger partial charge in [0.1, 0.15) is 0 Å². The average molecular weight is 867 g/mol. The van der Waals surface area contributed by atoms with Crippen LogP contribution in [0.15, 0.2) is 182 Å². The van der Waals surface area contributed by atoms with Gasteiger partial charge in [-0.15, -0.1) is 0 Å². The van der Waals surface area contributed by atoms with Crippen molar-refractivity contribution in [1.29, 1.82) is 10.5 Å². The fourth-order valence-electron chi connectivity index (χ4n) is 12.4. The van der Waals surface area contributed by atoms with Gasteiger partial charge in [0.05, 0.1) is 34.6 Å². The predicted molar refractivity (Wildman–Crippen MR) is 283 cm³/mol. The molecule has 0 N–H and O–H groups in total. The molecule has 2 aliphatic carbocycles. The summed E-state index contributed by atoms with van der Waals surface area (Å²) in [4.78, 5) is 4.79. The number of hydrogen-bond acceptors (Lipinski definition) is 4. The molecular weight excluding hydrogens is 825 g/mol. The number of benzene rings is 12. The number of hydrogen-bond donors (Lipinski definition) is 0. The monoisotopic (exact) mass is 866 g/mol. The summed E-state index contributed by atoms with van der Waals surface area (Å²) in [5.41, 5.74) is 12.5. The molecule has 0 atom stereocenters. The highest BCUT2D eigenvalue weighted by atomic mass is 15.2. The van der Waals surface area contributed by atoms with Crippen LogP contribution < -0.4 is 9.80 Å². The van der Waals surface area contributed by atoms with Gasteiger partial charge in [-0.2, -0.15) is 10.5 Å². The molecule has 0 saturated carbocycles. The van der Waals surface area contributed by atoms with Gasteiger partial charge in [0, 0.05) is 44.4 Å². The number of rotatable bonds is 6. The summed E-state index contributed by atoms with van der Waals surface area (Å²) in [5.74, 6) is 0. The Morgan fingerprint density at radius 1 is 0.324 bits per heavy atom. The molecule has 12 aromatic rings. The second-order valence-corrected chi connectivity index (χ2v) is 20.0. The molecule has 12 aromatic carbocycles. The van der Waals surface area contributed by atoms with Crippen LogP contribution >= 0.6 is 0 Å². The Bertz CT molecular complexity index is 4000. The van der Waals surface area contributed by atoms with Crippen molar-refractivity contribution in [3.05, 3.63) is 215 Å². The maximum absolute atomic E-state index is 9.89. The minimum Gasteiger partial charge on any atom is -0.310 e. The second-order valence-electron chi connectivity index (χ2n) is 20.0. The summed E-state index contributed by atoms with van der Waals surface area (Å²) in [6, 6.07) is 70.9. The van der Waals surface area contributed by atoms with Gasteiger partial charge in [-0.05, 0) is 172 Å². The van der Waals surface area contributed by atoms with Crippen molar-refractivity contribution in [2.75, 3.05) is 9.80 Å². The molecule has 318 valence electrons. The van der Waals surface area contributed by atoms with Gasteiger partial charge >= 0.3 is 0 Å². The molecule has 68 heavy (non-hydrogen) atoms. The van der Waals surface area contributed by atoms with E-state index >= 15 is 0 Å². The molecule has 0 saturated heterocycles. The molecular formula is C64H42N4. The third-order valence-electron chi connectivity index (χ3n) is 15.7. The average Bonchev–Trinajstić information content (AvgIpc) is 3.75. The van der Waals surface area contributed by atoms with Crippen LogP contribution in [0.2, 0.25) is 0 Å². The van der Waals surface area contributed by atoms with E-state index in [1.807, 2.05) is 24.3 Å². The first-order valence-electron chi connectivity index (χ1n) is 23.4. The zero-order valence-electron chi connectivity index (χ0n) is 38.1. The maximum atomic E-state index is 9.89. The van der Waals surface area contributed by atoms with E-state index in [9.17, 15) is 10.5 Å². The predicted octanol–water partition coefficient (Wildman–Crippen LogP) is 17.2. The van der Waals surface area contributed by atoms with Crippen LogP contribution in [0.25, 0.3) is 75.4 Å². The summed E-state index contributed by atoms with van der Waals surface area (Å²) in [6.45, 7) is 9.41. The van der Waals surface area contributed by atoms with Gasteiger partial charge in [-0.1, -0.05) is 125 Å². The van der Waals surface area contributed by atoms with E-state index in [2.05, 4.69) is 207 Å². The Hall–Kier alpha value is -8.70. The molecule has 2 aliphatic rings. The number of nitrogens with zero attached hydrogens (tertiary/aromatic N) is 4. The van der Waals surface area contributed by atoms with Crippen LogP contribution in [0.1, 0.15) is 61.1 Å². The minimum absolute atomic E-state index is 0.191. The van der Waals surface area contributed by atoms with Crippen LogP contribution in [-0.2, 0) is 10.8 Å². The second kappa shape index (κ2) is 13.4. The highest BCUT2D eigenvalue weighted by molar-refractivity contribution is 6.28. The van der Waals surface area contributed by atoms with Crippen molar-refractivity contribution < 1.29 is 0 Å². The van der Waals surface area contributed by atoms with Gasteiger partial charge in [0.15, 0.2) is 0 Å². The molecule has 0 amide bonds. The largest absolute Gasteiger partial charge is 0.310 e. The first-order chi connectivity index (χ1) is 33.1. The van der Waals surface area contributed by atoms with Gasteiger partial charge < -0.3 is 9.80 Å². The van der Waals surface area contributed by atoms with E-state index in [1.165, 1.54) is 86.9 Å². The lowest BCUT2D eigenvalue weighted by atomic mass is 9.81. The van der Waals surface area contributed by atoms with Crippen molar-refractivity contribution in [2.45, 2.75) is 38.5 Å². The van der Waals surface area contributed by atoms with E-state index < -0.39 is 0 Å². The molecule has 14 rings (SSSR count). The van der Waals surface area contributed by atoms with Gasteiger partial charge in [-0.3, -0.25) is 0 Å². The highest BCUT2D eigenvalue weighted by Crippen LogP contribution is 2.55. The summed E-state index contributed by atoms with van der Waals surface area (Å²) in [6.07, 6.45) is 0. The molecule has 0 unspecified atom stereocenters. The molecule has 4 heteroatoms. The van der Waals surface area contributed by atoms with Crippen LogP contribution in [0.3, 0.4) is 0 Å². The van der Waals surface area contributed by atoms with E-state index in [4.69, 9.17) is 0 Å². The molecule has 4 nitrogen and oxygen atoms in total. The normalized spacial score (nSPS) is 14.1. The Labute approximate surface area is 394 Å². The Balaban J connectivity index is 1.01. The molecule has 0 spiro atoms. The summed E-state index contributed by atoms with van der Waals surface area (Å²) < 4.78 is 0. The number of nitriles is 2. The Morgan fingerprint density at radius 3 is 1.09 bits per heavy atom. The standard InChI is InChI=1S/C64H42N4/c1-63(2)51-9-5-7-39-15-17-43-31-47(33-53(63)61(43)59(39)51)67(45-23-11-37(35-65)12-24-45)55-29-21-41-20-28-50-56(30-22-42-19-27-49(55)57(41)58(42)50)68(46-25-13-38(36-66)14-26-46)48-32-44-18-16-40-8-6-10-52-60(40)62(44)54(34-48)64(52,3)4/h5-34H,1-4H3. The van der Waals surface area contributed by atoms with Crippen molar-refractivity contribution >= 4 is 110 Å². The quantitative estimate of drug-likeness (QED) is 0.156. The van der Waals surface area contributed by atoms with E-state index in [0.29, 0.717) is 11.1 Å². The van der Waals surface area contributed by atoms with Gasteiger partial charge in [-0.25, -0.2) is 0 Å². The molecule has 0 bridgehead atoms. The SMILES string of the molecule is CC1(C)c2cccc3ccc4cc(N(c5ccc(C#N)cc5)c5ccc6ccc7c(N(c8ccc(C#N)cc8)c8cc9c%10c(ccc%11cccc(c%11%10)C9(C)C)c8)ccc8ccc5c6c87)cc1c4c23. The van der Waals surface area contributed by atoms with E-state index in [0.717, 1.165) is 44.9 Å². The van der Waals surface area contributed by atoms with Crippen molar-refractivity contribution in [1.82, 2.24) is 0 Å². The van der Waals surface area contributed by atoms with E-state index in [1.54, 1.807) is 0 Å². The lowest BCUT2D eigenvalue weighted by molar-refractivity contribution is 0.662. The molecule has 0 aliphatic heterocycles.